The molecule has 0 spiro atoms. The average molecular weight is 305 g/mol. The Morgan fingerprint density at radius 3 is 2.73 bits per heavy atom. The SMILES string of the molecule is CCCCNC(=O)N1CCN(c2ccc3c(c2)OCO3)CC1. The van der Waals surface area contributed by atoms with Crippen molar-refractivity contribution in [3.05, 3.63) is 18.2 Å². The smallest absolute Gasteiger partial charge is 0.317 e. The Morgan fingerprint density at radius 1 is 1.18 bits per heavy atom. The molecule has 0 saturated carbocycles. The maximum atomic E-state index is 12.0. The fraction of sp³-hybridized carbons (Fsp3) is 0.562. The summed E-state index contributed by atoms with van der Waals surface area (Å²) >= 11 is 0. The summed E-state index contributed by atoms with van der Waals surface area (Å²) in [5, 5.41) is 2.97. The number of hydrogen-bond acceptors (Lipinski definition) is 4. The zero-order valence-corrected chi connectivity index (χ0v) is 13.0. The van der Waals surface area contributed by atoms with Crippen LogP contribution in [0.2, 0.25) is 0 Å². The van der Waals surface area contributed by atoms with Gasteiger partial charge in [0.1, 0.15) is 0 Å². The largest absolute Gasteiger partial charge is 0.454 e. The number of benzene rings is 1. The molecule has 1 aromatic rings. The van der Waals surface area contributed by atoms with E-state index in [9.17, 15) is 4.79 Å². The summed E-state index contributed by atoms with van der Waals surface area (Å²) in [6.45, 7) is 6.33. The van der Waals surface area contributed by atoms with E-state index in [0.29, 0.717) is 6.79 Å². The number of unbranched alkanes of at least 4 members (excludes halogenated alkanes) is 1. The van der Waals surface area contributed by atoms with Crippen LogP contribution < -0.4 is 19.7 Å². The van der Waals surface area contributed by atoms with E-state index in [4.69, 9.17) is 9.47 Å². The minimum Gasteiger partial charge on any atom is -0.454 e. The van der Waals surface area contributed by atoms with Gasteiger partial charge >= 0.3 is 6.03 Å². The first-order chi connectivity index (χ1) is 10.8. The average Bonchev–Trinajstić information content (AvgIpc) is 3.02. The minimum absolute atomic E-state index is 0.0544. The molecule has 2 aliphatic rings. The van der Waals surface area contributed by atoms with Crippen molar-refractivity contribution < 1.29 is 14.3 Å². The van der Waals surface area contributed by atoms with E-state index in [1.165, 1.54) is 0 Å². The number of ether oxygens (including phenoxy) is 2. The highest BCUT2D eigenvalue weighted by Crippen LogP contribution is 2.35. The van der Waals surface area contributed by atoms with Crippen LogP contribution in [-0.2, 0) is 0 Å². The Morgan fingerprint density at radius 2 is 1.95 bits per heavy atom. The molecule has 0 unspecified atom stereocenters. The minimum atomic E-state index is 0.0544. The molecule has 0 radical (unpaired) electrons. The van der Waals surface area contributed by atoms with Gasteiger partial charge in [-0.25, -0.2) is 4.79 Å². The number of amides is 2. The summed E-state index contributed by atoms with van der Waals surface area (Å²) in [5.74, 6) is 1.61. The Hall–Kier alpha value is -2.11. The number of urea groups is 1. The van der Waals surface area contributed by atoms with Gasteiger partial charge in [-0.3, -0.25) is 0 Å². The molecule has 0 atom stereocenters. The van der Waals surface area contributed by atoms with E-state index >= 15 is 0 Å². The summed E-state index contributed by atoms with van der Waals surface area (Å²) in [4.78, 5) is 16.2. The Balaban J connectivity index is 1.52. The first kappa shape index (κ1) is 14.8. The molecular formula is C16H23N3O3. The Labute approximate surface area is 131 Å². The van der Waals surface area contributed by atoms with Crippen LogP contribution in [0.4, 0.5) is 10.5 Å². The molecule has 1 N–H and O–H groups in total. The number of nitrogens with one attached hydrogen (secondary N) is 1. The van der Waals surface area contributed by atoms with Gasteiger partial charge in [-0.2, -0.15) is 0 Å². The van der Waals surface area contributed by atoms with Crippen molar-refractivity contribution in [1.82, 2.24) is 10.2 Å². The highest BCUT2D eigenvalue weighted by atomic mass is 16.7. The molecule has 0 aromatic heterocycles. The number of rotatable bonds is 4. The van der Waals surface area contributed by atoms with E-state index in [0.717, 1.165) is 62.8 Å². The molecule has 2 heterocycles. The van der Waals surface area contributed by atoms with Crippen molar-refractivity contribution in [2.75, 3.05) is 44.4 Å². The predicted octanol–water partition coefficient (Wildman–Crippen LogP) is 2.05. The number of nitrogens with zero attached hydrogens (tertiary/aromatic N) is 2. The number of fused-ring (bicyclic) bond motifs is 1. The molecule has 22 heavy (non-hydrogen) atoms. The van der Waals surface area contributed by atoms with Crippen LogP contribution in [-0.4, -0.2) is 50.4 Å². The fourth-order valence-electron chi connectivity index (χ4n) is 2.73. The first-order valence-corrected chi connectivity index (χ1v) is 7.95. The van der Waals surface area contributed by atoms with Crippen LogP contribution in [0.15, 0.2) is 18.2 Å². The molecule has 6 nitrogen and oxygen atoms in total. The number of piperazine rings is 1. The van der Waals surface area contributed by atoms with E-state index in [1.54, 1.807) is 0 Å². The van der Waals surface area contributed by atoms with Gasteiger partial charge in [-0.05, 0) is 18.6 Å². The van der Waals surface area contributed by atoms with Crippen LogP contribution in [0.25, 0.3) is 0 Å². The van der Waals surface area contributed by atoms with Crippen molar-refractivity contribution in [2.24, 2.45) is 0 Å². The lowest BCUT2D eigenvalue weighted by Crippen LogP contribution is -2.52. The van der Waals surface area contributed by atoms with Gasteiger partial charge in [-0.1, -0.05) is 13.3 Å². The molecule has 0 bridgehead atoms. The van der Waals surface area contributed by atoms with E-state index in [2.05, 4.69) is 17.1 Å². The van der Waals surface area contributed by atoms with Gasteiger partial charge < -0.3 is 24.6 Å². The van der Waals surface area contributed by atoms with E-state index < -0.39 is 0 Å². The van der Waals surface area contributed by atoms with Crippen molar-refractivity contribution in [2.45, 2.75) is 19.8 Å². The maximum Gasteiger partial charge on any atom is 0.317 e. The zero-order valence-electron chi connectivity index (χ0n) is 13.0. The summed E-state index contributed by atoms with van der Waals surface area (Å²) in [5.41, 5.74) is 1.12. The monoisotopic (exact) mass is 305 g/mol. The van der Waals surface area contributed by atoms with Crippen LogP contribution in [0.1, 0.15) is 19.8 Å². The van der Waals surface area contributed by atoms with Gasteiger partial charge in [0.05, 0.1) is 0 Å². The number of hydrogen-bond donors (Lipinski definition) is 1. The second-order valence-corrected chi connectivity index (χ2v) is 5.60. The molecule has 0 aliphatic carbocycles. The third kappa shape index (κ3) is 3.21. The Bertz CT molecular complexity index is 527. The zero-order chi connectivity index (χ0) is 15.4. The molecule has 1 aromatic carbocycles. The van der Waals surface area contributed by atoms with Gasteiger partial charge in [-0.15, -0.1) is 0 Å². The van der Waals surface area contributed by atoms with Gasteiger partial charge in [0.25, 0.3) is 0 Å². The number of anilines is 1. The molecule has 6 heteroatoms. The normalized spacial score (nSPS) is 16.8. The van der Waals surface area contributed by atoms with Crippen LogP contribution in [0, 0.1) is 0 Å². The third-order valence-corrected chi connectivity index (χ3v) is 4.09. The fourth-order valence-corrected chi connectivity index (χ4v) is 2.73. The highest BCUT2D eigenvalue weighted by molar-refractivity contribution is 5.74. The summed E-state index contributed by atoms with van der Waals surface area (Å²) in [7, 11) is 0. The van der Waals surface area contributed by atoms with E-state index in [-0.39, 0.29) is 6.03 Å². The molecule has 2 aliphatic heterocycles. The number of carbonyl (C=O) groups is 1. The summed E-state index contributed by atoms with van der Waals surface area (Å²) < 4.78 is 10.8. The first-order valence-electron chi connectivity index (χ1n) is 7.95. The van der Waals surface area contributed by atoms with Crippen LogP contribution >= 0.6 is 0 Å². The topological polar surface area (TPSA) is 54.0 Å². The van der Waals surface area contributed by atoms with Crippen LogP contribution in [0.5, 0.6) is 11.5 Å². The van der Waals surface area contributed by atoms with Crippen molar-refractivity contribution in [1.29, 1.82) is 0 Å². The number of carbonyl (C=O) groups excluding carboxylic acids is 1. The van der Waals surface area contributed by atoms with Crippen molar-refractivity contribution in [3.63, 3.8) is 0 Å². The van der Waals surface area contributed by atoms with Crippen LogP contribution in [0.3, 0.4) is 0 Å². The lowest BCUT2D eigenvalue weighted by molar-refractivity contribution is 0.174. The molecule has 1 fully saturated rings. The van der Waals surface area contributed by atoms with Crippen molar-refractivity contribution >= 4 is 11.7 Å². The summed E-state index contributed by atoms with van der Waals surface area (Å²) in [6, 6.07) is 6.06. The molecule has 3 rings (SSSR count). The lowest BCUT2D eigenvalue weighted by Gasteiger charge is -2.36. The molecular weight excluding hydrogens is 282 g/mol. The van der Waals surface area contributed by atoms with Gasteiger partial charge in [0.2, 0.25) is 6.79 Å². The third-order valence-electron chi connectivity index (χ3n) is 4.09. The quantitative estimate of drug-likeness (QED) is 0.865. The van der Waals surface area contributed by atoms with Crippen molar-refractivity contribution in [3.8, 4) is 11.5 Å². The second-order valence-electron chi connectivity index (χ2n) is 5.60. The highest BCUT2D eigenvalue weighted by Gasteiger charge is 2.22. The predicted molar refractivity (Wildman–Crippen MR) is 84.7 cm³/mol. The van der Waals surface area contributed by atoms with Gasteiger partial charge in [0.15, 0.2) is 11.5 Å². The molecule has 2 amide bonds. The standard InChI is InChI=1S/C16H23N3O3/c1-2-3-6-17-16(20)19-9-7-18(8-10-19)13-4-5-14-15(11-13)22-12-21-14/h4-5,11H,2-3,6-10,12H2,1H3,(H,17,20). The summed E-state index contributed by atoms with van der Waals surface area (Å²) in [6.07, 6.45) is 2.13. The second kappa shape index (κ2) is 6.77. The van der Waals surface area contributed by atoms with E-state index in [1.807, 2.05) is 23.1 Å². The lowest BCUT2D eigenvalue weighted by atomic mass is 10.2. The molecule has 120 valence electrons. The van der Waals surface area contributed by atoms with Gasteiger partial charge in [0, 0.05) is 44.5 Å². The maximum absolute atomic E-state index is 12.0. The Kier molecular flexibility index (Phi) is 4.56. The molecule has 1 saturated heterocycles.